The molecule has 1 heterocycles. The molecule has 1 saturated heterocycles. The molecule has 1 unspecified atom stereocenters. The molecule has 7 heteroatoms. The fraction of sp³-hybridized carbons (Fsp3) is 0.588. The summed E-state index contributed by atoms with van der Waals surface area (Å²) in [6.07, 6.45) is -2.67. The third-order valence-corrected chi connectivity index (χ3v) is 3.96. The zero-order chi connectivity index (χ0) is 17.6. The van der Waals surface area contributed by atoms with Crippen molar-refractivity contribution in [2.45, 2.75) is 25.9 Å². The second-order valence-corrected chi connectivity index (χ2v) is 5.77. The van der Waals surface area contributed by atoms with Crippen LogP contribution in [0.5, 0.6) is 5.75 Å². The molecule has 1 aliphatic heterocycles. The van der Waals surface area contributed by atoms with E-state index in [-0.39, 0.29) is 24.2 Å². The predicted molar refractivity (Wildman–Crippen MR) is 82.7 cm³/mol. The summed E-state index contributed by atoms with van der Waals surface area (Å²) in [6, 6.07) is 4.85. The van der Waals surface area contributed by atoms with E-state index >= 15 is 0 Å². The molecule has 0 amide bonds. The van der Waals surface area contributed by atoms with Crippen LogP contribution in [-0.2, 0) is 15.7 Å². The van der Waals surface area contributed by atoms with Gasteiger partial charge in [-0.05, 0) is 44.5 Å². The highest BCUT2D eigenvalue weighted by Gasteiger charge is 2.30. The Hall–Kier alpha value is -1.76. The second-order valence-electron chi connectivity index (χ2n) is 5.77. The van der Waals surface area contributed by atoms with Crippen LogP contribution >= 0.6 is 0 Å². The van der Waals surface area contributed by atoms with Gasteiger partial charge >= 0.3 is 12.1 Å². The molecule has 1 atom stereocenters. The number of carbonyl (C=O) groups excluding carboxylic acids is 1. The van der Waals surface area contributed by atoms with Gasteiger partial charge in [0.15, 0.2) is 0 Å². The van der Waals surface area contributed by atoms with E-state index in [0.29, 0.717) is 19.7 Å². The highest BCUT2D eigenvalue weighted by Crippen LogP contribution is 2.31. The number of likely N-dealkylation sites (tertiary alicyclic amines) is 1. The maximum absolute atomic E-state index is 12.7. The van der Waals surface area contributed by atoms with E-state index in [4.69, 9.17) is 9.47 Å². The summed E-state index contributed by atoms with van der Waals surface area (Å²) in [5, 5.41) is 0. The molecule has 1 fully saturated rings. The lowest BCUT2D eigenvalue weighted by molar-refractivity contribution is -0.150. The first-order valence-electron chi connectivity index (χ1n) is 8.09. The normalized spacial score (nSPS) is 19.1. The maximum Gasteiger partial charge on any atom is 0.416 e. The molecule has 1 aliphatic rings. The predicted octanol–water partition coefficient (Wildman–Crippen LogP) is 3.36. The van der Waals surface area contributed by atoms with Gasteiger partial charge in [-0.25, -0.2) is 0 Å². The highest BCUT2D eigenvalue weighted by atomic mass is 19.4. The lowest BCUT2D eigenvalue weighted by atomic mass is 9.98. The Kier molecular flexibility index (Phi) is 6.48. The number of hydrogen-bond donors (Lipinski definition) is 0. The van der Waals surface area contributed by atoms with E-state index in [9.17, 15) is 18.0 Å². The second kappa shape index (κ2) is 8.37. The summed E-state index contributed by atoms with van der Waals surface area (Å²) < 4.78 is 48.4. The number of rotatable bonds is 6. The average molecular weight is 345 g/mol. The zero-order valence-corrected chi connectivity index (χ0v) is 13.6. The van der Waals surface area contributed by atoms with Crippen molar-refractivity contribution in [3.8, 4) is 5.75 Å². The summed E-state index contributed by atoms with van der Waals surface area (Å²) in [5.74, 6) is -0.114. The first-order valence-corrected chi connectivity index (χ1v) is 8.09. The minimum absolute atomic E-state index is 0.132. The summed E-state index contributed by atoms with van der Waals surface area (Å²) in [4.78, 5) is 13.9. The zero-order valence-electron chi connectivity index (χ0n) is 13.6. The molecule has 0 spiro atoms. The molecular weight excluding hydrogens is 323 g/mol. The smallest absolute Gasteiger partial charge is 0.416 e. The standard InChI is InChI=1S/C17H22F3NO3/c1-2-23-16(22)13-5-4-8-21(12-13)9-10-24-15-7-3-6-14(11-15)17(18,19)20/h3,6-7,11,13H,2,4-5,8-10,12H2,1H3. The summed E-state index contributed by atoms with van der Waals surface area (Å²) in [5.41, 5.74) is -0.722. The van der Waals surface area contributed by atoms with Crippen molar-refractivity contribution in [3.63, 3.8) is 0 Å². The van der Waals surface area contributed by atoms with E-state index in [1.807, 2.05) is 0 Å². The number of piperidine rings is 1. The van der Waals surface area contributed by atoms with Gasteiger partial charge in [0.25, 0.3) is 0 Å². The molecule has 4 nitrogen and oxygen atoms in total. The van der Waals surface area contributed by atoms with Gasteiger partial charge in [-0.2, -0.15) is 13.2 Å². The van der Waals surface area contributed by atoms with Crippen LogP contribution < -0.4 is 4.74 Å². The van der Waals surface area contributed by atoms with Crippen molar-refractivity contribution in [1.29, 1.82) is 0 Å². The monoisotopic (exact) mass is 345 g/mol. The third kappa shape index (κ3) is 5.40. The fourth-order valence-electron chi connectivity index (χ4n) is 2.77. The Morgan fingerprint density at radius 2 is 2.17 bits per heavy atom. The first-order chi connectivity index (χ1) is 11.4. The van der Waals surface area contributed by atoms with Crippen molar-refractivity contribution < 1.29 is 27.4 Å². The van der Waals surface area contributed by atoms with Crippen LogP contribution in [0.2, 0.25) is 0 Å². The quantitative estimate of drug-likeness (QED) is 0.741. The molecule has 0 radical (unpaired) electrons. The van der Waals surface area contributed by atoms with Crippen LogP contribution in [0.15, 0.2) is 24.3 Å². The van der Waals surface area contributed by atoms with Gasteiger partial charge in [0.2, 0.25) is 0 Å². The topological polar surface area (TPSA) is 38.8 Å². The summed E-state index contributed by atoms with van der Waals surface area (Å²) >= 11 is 0. The molecule has 1 aromatic carbocycles. The van der Waals surface area contributed by atoms with Crippen molar-refractivity contribution in [3.05, 3.63) is 29.8 Å². The molecule has 2 rings (SSSR count). The van der Waals surface area contributed by atoms with Crippen LogP contribution in [0, 0.1) is 5.92 Å². The molecule has 0 aliphatic carbocycles. The number of alkyl halides is 3. The third-order valence-electron chi connectivity index (χ3n) is 3.96. The number of benzene rings is 1. The molecule has 0 aromatic heterocycles. The molecule has 0 bridgehead atoms. The van der Waals surface area contributed by atoms with E-state index in [1.54, 1.807) is 6.92 Å². The number of nitrogens with zero attached hydrogens (tertiary/aromatic N) is 1. The first kappa shape index (κ1) is 18.6. The lowest BCUT2D eigenvalue weighted by Gasteiger charge is -2.31. The number of carbonyl (C=O) groups is 1. The Bertz CT molecular complexity index is 548. The van der Waals surface area contributed by atoms with E-state index < -0.39 is 11.7 Å². The lowest BCUT2D eigenvalue weighted by Crippen LogP contribution is -2.41. The van der Waals surface area contributed by atoms with E-state index in [0.717, 1.165) is 31.5 Å². The Morgan fingerprint density at radius 1 is 1.38 bits per heavy atom. The number of hydrogen-bond acceptors (Lipinski definition) is 4. The largest absolute Gasteiger partial charge is 0.492 e. The van der Waals surface area contributed by atoms with Crippen LogP contribution in [0.1, 0.15) is 25.3 Å². The highest BCUT2D eigenvalue weighted by molar-refractivity contribution is 5.72. The molecule has 24 heavy (non-hydrogen) atoms. The van der Waals surface area contributed by atoms with Crippen molar-refractivity contribution in [2.24, 2.45) is 5.92 Å². The number of esters is 1. The molecule has 0 N–H and O–H groups in total. The SMILES string of the molecule is CCOC(=O)C1CCCN(CCOc2cccc(C(F)(F)F)c2)C1. The van der Waals surface area contributed by atoms with Crippen LogP contribution in [-0.4, -0.2) is 43.7 Å². The van der Waals surface area contributed by atoms with Gasteiger partial charge in [0, 0.05) is 13.1 Å². The maximum atomic E-state index is 12.7. The van der Waals surface area contributed by atoms with Crippen LogP contribution in [0.4, 0.5) is 13.2 Å². The fourth-order valence-corrected chi connectivity index (χ4v) is 2.77. The number of halogens is 3. The van der Waals surface area contributed by atoms with Crippen molar-refractivity contribution in [1.82, 2.24) is 4.90 Å². The van der Waals surface area contributed by atoms with Crippen molar-refractivity contribution in [2.75, 3.05) is 32.8 Å². The van der Waals surface area contributed by atoms with Gasteiger partial charge in [0.05, 0.1) is 18.1 Å². The van der Waals surface area contributed by atoms with Gasteiger partial charge in [-0.3, -0.25) is 9.69 Å². The van der Waals surface area contributed by atoms with E-state index in [1.165, 1.54) is 12.1 Å². The van der Waals surface area contributed by atoms with Gasteiger partial charge < -0.3 is 9.47 Å². The summed E-state index contributed by atoms with van der Waals surface area (Å²) in [6.45, 7) is 4.44. The van der Waals surface area contributed by atoms with Gasteiger partial charge in [-0.1, -0.05) is 6.07 Å². The molecule has 1 aromatic rings. The summed E-state index contributed by atoms with van der Waals surface area (Å²) in [7, 11) is 0. The van der Waals surface area contributed by atoms with Crippen LogP contribution in [0.3, 0.4) is 0 Å². The van der Waals surface area contributed by atoms with Crippen LogP contribution in [0.25, 0.3) is 0 Å². The van der Waals surface area contributed by atoms with Crippen molar-refractivity contribution >= 4 is 5.97 Å². The Morgan fingerprint density at radius 3 is 2.88 bits per heavy atom. The Labute approximate surface area is 139 Å². The van der Waals surface area contributed by atoms with Gasteiger partial charge in [-0.15, -0.1) is 0 Å². The molecule has 0 saturated carbocycles. The minimum Gasteiger partial charge on any atom is -0.492 e. The average Bonchev–Trinajstić information content (AvgIpc) is 2.55. The number of ether oxygens (including phenoxy) is 2. The Balaban J connectivity index is 1.80. The molecular formula is C17H22F3NO3. The van der Waals surface area contributed by atoms with Gasteiger partial charge in [0.1, 0.15) is 12.4 Å². The van der Waals surface area contributed by atoms with E-state index in [2.05, 4.69) is 4.90 Å². The molecule has 134 valence electrons. The minimum atomic E-state index is -4.38.